The van der Waals surface area contributed by atoms with E-state index in [1.54, 1.807) is 0 Å². The van der Waals surface area contributed by atoms with Gasteiger partial charge in [-0.2, -0.15) is 0 Å². The van der Waals surface area contributed by atoms with E-state index in [0.717, 1.165) is 30.6 Å². The molecular weight excluding hydrogens is 238 g/mol. The molecule has 1 aromatic heterocycles. The van der Waals surface area contributed by atoms with Gasteiger partial charge in [-0.05, 0) is 50.3 Å². The lowest BCUT2D eigenvalue weighted by atomic mass is 10.1. The van der Waals surface area contributed by atoms with Crippen LogP contribution in [0.1, 0.15) is 31.2 Å². The molecule has 19 heavy (non-hydrogen) atoms. The summed E-state index contributed by atoms with van der Waals surface area (Å²) in [7, 11) is 0. The molecule has 3 rings (SSSR count). The van der Waals surface area contributed by atoms with Crippen molar-refractivity contribution in [3.05, 3.63) is 23.8 Å². The highest BCUT2D eigenvalue weighted by Crippen LogP contribution is 2.22. The molecule has 1 aliphatic heterocycles. The molecule has 0 aliphatic carbocycles. The Labute approximate surface area is 113 Å². The van der Waals surface area contributed by atoms with Crippen LogP contribution in [0.15, 0.2) is 18.2 Å². The van der Waals surface area contributed by atoms with E-state index < -0.39 is 0 Å². The SMILES string of the molecule is Cc1ccc2c(c1)nc(N)n2CCC1CCCCO1. The lowest BCUT2D eigenvalue weighted by molar-refractivity contribution is 0.00906. The monoisotopic (exact) mass is 259 g/mol. The Morgan fingerprint density at radius 1 is 1.42 bits per heavy atom. The van der Waals surface area contributed by atoms with Gasteiger partial charge in [0.2, 0.25) is 5.95 Å². The summed E-state index contributed by atoms with van der Waals surface area (Å²) in [4.78, 5) is 4.44. The minimum absolute atomic E-state index is 0.385. The fourth-order valence-corrected chi connectivity index (χ4v) is 2.80. The number of hydrogen-bond donors (Lipinski definition) is 1. The van der Waals surface area contributed by atoms with Gasteiger partial charge >= 0.3 is 0 Å². The Bertz CT molecular complexity index is 570. The summed E-state index contributed by atoms with van der Waals surface area (Å²) in [6.45, 7) is 3.87. The molecule has 1 aliphatic rings. The van der Waals surface area contributed by atoms with E-state index in [-0.39, 0.29) is 0 Å². The van der Waals surface area contributed by atoms with E-state index in [1.165, 1.54) is 24.8 Å². The van der Waals surface area contributed by atoms with Crippen molar-refractivity contribution < 1.29 is 4.74 Å². The molecule has 1 aromatic carbocycles. The maximum absolute atomic E-state index is 6.03. The van der Waals surface area contributed by atoms with Gasteiger partial charge < -0.3 is 15.0 Å². The summed E-state index contributed by atoms with van der Waals surface area (Å²) >= 11 is 0. The van der Waals surface area contributed by atoms with Crippen LogP contribution in [0.4, 0.5) is 5.95 Å². The van der Waals surface area contributed by atoms with E-state index in [1.807, 2.05) is 0 Å². The topological polar surface area (TPSA) is 53.1 Å². The number of nitrogen functional groups attached to an aromatic ring is 1. The fraction of sp³-hybridized carbons (Fsp3) is 0.533. The first-order valence-electron chi connectivity index (χ1n) is 7.08. The van der Waals surface area contributed by atoms with E-state index in [4.69, 9.17) is 10.5 Å². The smallest absolute Gasteiger partial charge is 0.201 e. The van der Waals surface area contributed by atoms with Crippen LogP contribution in [0, 0.1) is 6.92 Å². The number of rotatable bonds is 3. The molecule has 0 saturated carbocycles. The number of fused-ring (bicyclic) bond motifs is 1. The third-order valence-corrected chi connectivity index (χ3v) is 3.88. The molecule has 2 aromatic rings. The van der Waals surface area contributed by atoms with Crippen molar-refractivity contribution >= 4 is 17.0 Å². The number of benzene rings is 1. The zero-order valence-electron chi connectivity index (χ0n) is 11.4. The largest absolute Gasteiger partial charge is 0.378 e. The second-order valence-electron chi connectivity index (χ2n) is 5.39. The van der Waals surface area contributed by atoms with Crippen molar-refractivity contribution in [2.75, 3.05) is 12.3 Å². The van der Waals surface area contributed by atoms with Gasteiger partial charge in [0.05, 0.1) is 17.1 Å². The number of anilines is 1. The van der Waals surface area contributed by atoms with Crippen molar-refractivity contribution in [3.63, 3.8) is 0 Å². The fourth-order valence-electron chi connectivity index (χ4n) is 2.80. The first kappa shape index (κ1) is 12.5. The number of aromatic nitrogens is 2. The van der Waals surface area contributed by atoms with Crippen molar-refractivity contribution in [2.45, 2.75) is 45.3 Å². The number of nitrogens with two attached hydrogens (primary N) is 1. The molecule has 0 bridgehead atoms. The normalized spacial score (nSPS) is 19.9. The predicted molar refractivity (Wildman–Crippen MR) is 77.1 cm³/mol. The van der Waals surface area contributed by atoms with Crippen molar-refractivity contribution in [1.82, 2.24) is 9.55 Å². The minimum Gasteiger partial charge on any atom is -0.378 e. The van der Waals surface area contributed by atoms with Gasteiger partial charge in [0, 0.05) is 13.2 Å². The van der Waals surface area contributed by atoms with Crippen LogP contribution in [0.3, 0.4) is 0 Å². The molecule has 0 radical (unpaired) electrons. The second kappa shape index (κ2) is 5.21. The van der Waals surface area contributed by atoms with E-state index in [0.29, 0.717) is 12.1 Å². The maximum atomic E-state index is 6.03. The molecule has 0 spiro atoms. The molecule has 2 heterocycles. The van der Waals surface area contributed by atoms with Gasteiger partial charge in [-0.25, -0.2) is 4.98 Å². The van der Waals surface area contributed by atoms with Gasteiger partial charge in [-0.15, -0.1) is 0 Å². The number of imidazole rings is 1. The van der Waals surface area contributed by atoms with Gasteiger partial charge in [0.25, 0.3) is 0 Å². The molecule has 1 saturated heterocycles. The van der Waals surface area contributed by atoms with Gasteiger partial charge in [0.15, 0.2) is 0 Å². The van der Waals surface area contributed by atoms with E-state index >= 15 is 0 Å². The molecule has 1 atom stereocenters. The van der Waals surface area contributed by atoms with E-state index in [9.17, 15) is 0 Å². The average molecular weight is 259 g/mol. The third-order valence-electron chi connectivity index (χ3n) is 3.88. The summed E-state index contributed by atoms with van der Waals surface area (Å²) in [6.07, 6.45) is 5.06. The molecule has 2 N–H and O–H groups in total. The Balaban J connectivity index is 1.78. The summed E-state index contributed by atoms with van der Waals surface area (Å²) in [6, 6.07) is 6.30. The second-order valence-corrected chi connectivity index (χ2v) is 5.39. The number of aryl methyl sites for hydroxylation is 2. The Hall–Kier alpha value is -1.55. The predicted octanol–water partition coefficient (Wildman–Crippen LogP) is 2.89. The minimum atomic E-state index is 0.385. The van der Waals surface area contributed by atoms with E-state index in [2.05, 4.69) is 34.7 Å². The lowest BCUT2D eigenvalue weighted by Gasteiger charge is -2.22. The van der Waals surface area contributed by atoms with Crippen LogP contribution in [0.2, 0.25) is 0 Å². The van der Waals surface area contributed by atoms with Gasteiger partial charge in [-0.1, -0.05) is 6.07 Å². The average Bonchev–Trinajstić information content (AvgIpc) is 2.72. The highest BCUT2D eigenvalue weighted by molar-refractivity contribution is 5.79. The summed E-state index contributed by atoms with van der Waals surface area (Å²) in [5, 5.41) is 0. The quantitative estimate of drug-likeness (QED) is 0.922. The molecule has 0 amide bonds. The zero-order valence-corrected chi connectivity index (χ0v) is 11.4. The molecule has 4 nitrogen and oxygen atoms in total. The third kappa shape index (κ3) is 2.59. The molecule has 102 valence electrons. The van der Waals surface area contributed by atoms with Crippen LogP contribution in [-0.2, 0) is 11.3 Å². The number of hydrogen-bond acceptors (Lipinski definition) is 3. The Kier molecular flexibility index (Phi) is 3.42. The van der Waals surface area contributed by atoms with Crippen LogP contribution < -0.4 is 5.73 Å². The molecule has 1 unspecified atom stereocenters. The summed E-state index contributed by atoms with van der Waals surface area (Å²) in [5.41, 5.74) is 9.36. The van der Waals surface area contributed by atoms with Gasteiger partial charge in [-0.3, -0.25) is 0 Å². The zero-order chi connectivity index (χ0) is 13.2. The first-order valence-corrected chi connectivity index (χ1v) is 7.08. The highest BCUT2D eigenvalue weighted by Gasteiger charge is 2.15. The summed E-state index contributed by atoms with van der Waals surface area (Å²) < 4.78 is 7.88. The molecule has 4 heteroatoms. The van der Waals surface area contributed by atoms with Crippen molar-refractivity contribution in [3.8, 4) is 0 Å². The highest BCUT2D eigenvalue weighted by atomic mass is 16.5. The van der Waals surface area contributed by atoms with Crippen LogP contribution in [0.25, 0.3) is 11.0 Å². The lowest BCUT2D eigenvalue weighted by Crippen LogP contribution is -2.21. The first-order chi connectivity index (χ1) is 9.24. The van der Waals surface area contributed by atoms with Crippen LogP contribution in [0.5, 0.6) is 0 Å². The summed E-state index contributed by atoms with van der Waals surface area (Å²) in [5.74, 6) is 0.608. The van der Waals surface area contributed by atoms with Crippen LogP contribution in [-0.4, -0.2) is 22.3 Å². The number of nitrogens with zero attached hydrogens (tertiary/aromatic N) is 2. The Morgan fingerprint density at radius 3 is 3.11 bits per heavy atom. The van der Waals surface area contributed by atoms with Crippen molar-refractivity contribution in [1.29, 1.82) is 0 Å². The van der Waals surface area contributed by atoms with Crippen LogP contribution >= 0.6 is 0 Å². The van der Waals surface area contributed by atoms with Gasteiger partial charge in [0.1, 0.15) is 0 Å². The Morgan fingerprint density at radius 2 is 2.32 bits per heavy atom. The molecular formula is C15H21N3O. The maximum Gasteiger partial charge on any atom is 0.201 e. The molecule has 1 fully saturated rings. The standard InChI is InChI=1S/C15H21N3O/c1-11-5-6-14-13(10-11)17-15(16)18(14)8-7-12-4-2-3-9-19-12/h5-6,10,12H,2-4,7-9H2,1H3,(H2,16,17). The number of ether oxygens (including phenoxy) is 1. The van der Waals surface area contributed by atoms with Crippen molar-refractivity contribution in [2.24, 2.45) is 0 Å².